The summed E-state index contributed by atoms with van der Waals surface area (Å²) in [6.45, 7) is 3.00. The third kappa shape index (κ3) is 3.94. The van der Waals surface area contributed by atoms with Gasteiger partial charge in [-0.3, -0.25) is 9.48 Å². The minimum atomic E-state index is -4.39. The van der Waals surface area contributed by atoms with Crippen LogP contribution in [0.2, 0.25) is 0 Å². The highest BCUT2D eigenvalue weighted by atomic mass is 19.4. The standard InChI is InChI=1S/C23H26F3N5O/c1-30-21-18(12-28-30)5-4-17(20(21)23(24,25)26)7-16-9-22(10-16)13-31(14-22)6-2-3-15-8-19(32)29-27-11-15/h4-5,8,11-12,16H,2-3,6-7,9-10,13-14H2,1H3,(H,29,32). The highest BCUT2D eigenvalue weighted by molar-refractivity contribution is 5.83. The molecule has 1 aliphatic heterocycles. The van der Waals surface area contributed by atoms with Crippen LogP contribution < -0.4 is 5.56 Å². The normalized spacial score (nSPS) is 18.8. The summed E-state index contributed by atoms with van der Waals surface area (Å²) in [4.78, 5) is 13.7. The zero-order valence-corrected chi connectivity index (χ0v) is 18.0. The number of alkyl halides is 3. The molecule has 1 N–H and O–H groups in total. The Morgan fingerprint density at radius 2 is 2.00 bits per heavy atom. The lowest BCUT2D eigenvalue weighted by molar-refractivity contribution is -0.137. The van der Waals surface area contributed by atoms with Crippen molar-refractivity contribution in [1.82, 2.24) is 24.9 Å². The van der Waals surface area contributed by atoms with Crippen LogP contribution in [0.4, 0.5) is 13.2 Å². The second kappa shape index (κ2) is 7.72. The van der Waals surface area contributed by atoms with Crippen molar-refractivity contribution in [2.75, 3.05) is 19.6 Å². The molecule has 0 unspecified atom stereocenters. The molecule has 3 heterocycles. The quantitative estimate of drug-likeness (QED) is 0.630. The van der Waals surface area contributed by atoms with Gasteiger partial charge in [-0.2, -0.15) is 23.4 Å². The highest BCUT2D eigenvalue weighted by Crippen LogP contribution is 2.53. The van der Waals surface area contributed by atoms with Crippen molar-refractivity contribution in [2.24, 2.45) is 18.4 Å². The Kier molecular flexibility index (Phi) is 5.11. The molecule has 0 atom stereocenters. The van der Waals surface area contributed by atoms with E-state index in [-0.39, 0.29) is 16.5 Å². The molecule has 1 saturated carbocycles. The minimum Gasteiger partial charge on any atom is -0.302 e. The van der Waals surface area contributed by atoms with Gasteiger partial charge in [0.1, 0.15) is 0 Å². The van der Waals surface area contributed by atoms with E-state index in [0.29, 0.717) is 23.3 Å². The molecule has 2 aliphatic rings. The summed E-state index contributed by atoms with van der Waals surface area (Å²) >= 11 is 0. The van der Waals surface area contributed by atoms with Gasteiger partial charge in [0.25, 0.3) is 5.56 Å². The fourth-order valence-electron chi connectivity index (χ4n) is 5.79. The van der Waals surface area contributed by atoms with Gasteiger partial charge < -0.3 is 4.90 Å². The van der Waals surface area contributed by atoms with Gasteiger partial charge in [-0.25, -0.2) is 5.10 Å². The number of nitrogens with zero attached hydrogens (tertiary/aromatic N) is 4. The Morgan fingerprint density at radius 1 is 1.22 bits per heavy atom. The van der Waals surface area contributed by atoms with Crippen LogP contribution in [-0.2, 0) is 26.1 Å². The molecule has 0 bridgehead atoms. The predicted octanol–water partition coefficient (Wildman–Crippen LogP) is 3.56. The second-order valence-electron chi connectivity index (χ2n) is 9.55. The number of nitrogens with one attached hydrogen (secondary N) is 1. The number of halogens is 3. The van der Waals surface area contributed by atoms with Crippen molar-refractivity contribution in [3.8, 4) is 0 Å². The van der Waals surface area contributed by atoms with Gasteiger partial charge in [-0.05, 0) is 61.1 Å². The molecule has 1 saturated heterocycles. The van der Waals surface area contributed by atoms with E-state index in [2.05, 4.69) is 20.2 Å². The van der Waals surface area contributed by atoms with Crippen molar-refractivity contribution in [2.45, 2.75) is 38.3 Å². The number of rotatable bonds is 6. The Labute approximate surface area is 183 Å². The smallest absolute Gasteiger partial charge is 0.302 e. The number of fused-ring (bicyclic) bond motifs is 1. The first-order chi connectivity index (χ1) is 15.2. The van der Waals surface area contributed by atoms with Gasteiger partial charge in [0.05, 0.1) is 23.5 Å². The number of hydrogen-bond donors (Lipinski definition) is 1. The predicted molar refractivity (Wildman–Crippen MR) is 114 cm³/mol. The van der Waals surface area contributed by atoms with E-state index < -0.39 is 11.7 Å². The maximum absolute atomic E-state index is 13.9. The summed E-state index contributed by atoms with van der Waals surface area (Å²) in [7, 11) is 1.56. The number of hydrogen-bond acceptors (Lipinski definition) is 4. The molecule has 170 valence electrons. The Morgan fingerprint density at radius 3 is 2.72 bits per heavy atom. The van der Waals surface area contributed by atoms with E-state index in [9.17, 15) is 18.0 Å². The van der Waals surface area contributed by atoms with Crippen LogP contribution in [0.25, 0.3) is 10.9 Å². The number of aryl methyl sites for hydroxylation is 2. The number of aromatic amines is 1. The molecule has 3 aromatic rings. The zero-order chi connectivity index (χ0) is 22.5. The molecule has 2 aromatic heterocycles. The third-order valence-corrected chi connectivity index (χ3v) is 7.00. The van der Waals surface area contributed by atoms with Gasteiger partial charge >= 0.3 is 6.18 Å². The van der Waals surface area contributed by atoms with E-state index in [1.165, 1.54) is 10.9 Å². The Hall–Kier alpha value is -2.68. The largest absolute Gasteiger partial charge is 0.418 e. The maximum Gasteiger partial charge on any atom is 0.418 e. The molecule has 6 nitrogen and oxygen atoms in total. The van der Waals surface area contributed by atoms with E-state index in [0.717, 1.165) is 50.9 Å². The van der Waals surface area contributed by atoms with Crippen LogP contribution in [0, 0.1) is 11.3 Å². The number of likely N-dealkylation sites (tertiary alicyclic amines) is 1. The highest BCUT2D eigenvalue weighted by Gasteiger charge is 2.52. The van der Waals surface area contributed by atoms with Crippen LogP contribution in [0.5, 0.6) is 0 Å². The second-order valence-corrected chi connectivity index (χ2v) is 9.55. The average Bonchev–Trinajstić information content (AvgIpc) is 3.04. The lowest BCUT2D eigenvalue weighted by atomic mass is 9.56. The number of benzene rings is 1. The molecule has 32 heavy (non-hydrogen) atoms. The lowest BCUT2D eigenvalue weighted by Crippen LogP contribution is -2.62. The van der Waals surface area contributed by atoms with Crippen LogP contribution >= 0.6 is 0 Å². The summed E-state index contributed by atoms with van der Waals surface area (Å²) in [5.74, 6) is 0.297. The van der Waals surface area contributed by atoms with Gasteiger partial charge in [0.15, 0.2) is 0 Å². The zero-order valence-electron chi connectivity index (χ0n) is 18.0. The molecule has 0 radical (unpaired) electrons. The molecule has 2 fully saturated rings. The van der Waals surface area contributed by atoms with Gasteiger partial charge in [0.2, 0.25) is 0 Å². The summed E-state index contributed by atoms with van der Waals surface area (Å²) in [6, 6.07) is 4.97. The molecule has 9 heteroatoms. The number of aromatic nitrogens is 4. The summed E-state index contributed by atoms with van der Waals surface area (Å²) in [5.41, 5.74) is 1.08. The molecule has 1 aliphatic carbocycles. The van der Waals surface area contributed by atoms with Crippen LogP contribution in [0.1, 0.15) is 36.0 Å². The molecule has 1 spiro atoms. The summed E-state index contributed by atoms with van der Waals surface area (Å²) < 4.78 is 43.0. The SMILES string of the molecule is Cn1ncc2ccc(CC3CC4(C3)CN(CCCc3cn[nH]c(=O)c3)C4)c(C(F)(F)F)c21. The molecule has 0 amide bonds. The Balaban J connectivity index is 1.15. The van der Waals surface area contributed by atoms with Crippen molar-refractivity contribution in [3.63, 3.8) is 0 Å². The van der Waals surface area contributed by atoms with Crippen molar-refractivity contribution in [3.05, 3.63) is 57.6 Å². The van der Waals surface area contributed by atoms with Crippen LogP contribution in [0.3, 0.4) is 0 Å². The minimum absolute atomic E-state index is 0.175. The monoisotopic (exact) mass is 445 g/mol. The van der Waals surface area contributed by atoms with E-state index in [1.54, 1.807) is 31.4 Å². The number of H-pyrrole nitrogens is 1. The molecule has 1 aromatic carbocycles. The van der Waals surface area contributed by atoms with Gasteiger partial charge in [-0.15, -0.1) is 0 Å². The Bertz CT molecular complexity index is 1180. The van der Waals surface area contributed by atoms with Crippen molar-refractivity contribution >= 4 is 10.9 Å². The summed E-state index contributed by atoms with van der Waals surface area (Å²) in [6.07, 6.45) is 3.01. The van der Waals surface area contributed by atoms with Crippen molar-refractivity contribution in [1.29, 1.82) is 0 Å². The van der Waals surface area contributed by atoms with Crippen LogP contribution in [-0.4, -0.2) is 44.5 Å². The fourth-order valence-corrected chi connectivity index (χ4v) is 5.79. The fraction of sp³-hybridized carbons (Fsp3) is 0.522. The summed E-state index contributed by atoms with van der Waals surface area (Å²) in [5, 5.41) is 10.7. The first kappa shape index (κ1) is 21.2. The first-order valence-corrected chi connectivity index (χ1v) is 11.0. The van der Waals surface area contributed by atoms with E-state index >= 15 is 0 Å². The van der Waals surface area contributed by atoms with Crippen molar-refractivity contribution < 1.29 is 13.2 Å². The average molecular weight is 445 g/mol. The first-order valence-electron chi connectivity index (χ1n) is 11.0. The van der Waals surface area contributed by atoms with Gasteiger partial charge in [0, 0.05) is 31.6 Å². The molecule has 5 rings (SSSR count). The third-order valence-electron chi connectivity index (χ3n) is 7.00. The topological polar surface area (TPSA) is 66.8 Å². The molecular weight excluding hydrogens is 419 g/mol. The van der Waals surface area contributed by atoms with E-state index in [4.69, 9.17) is 0 Å². The molecular formula is C23H26F3N5O. The van der Waals surface area contributed by atoms with E-state index in [1.807, 2.05) is 0 Å². The van der Waals surface area contributed by atoms with Crippen LogP contribution in [0.15, 0.2) is 35.4 Å². The lowest BCUT2D eigenvalue weighted by Gasteiger charge is -2.59. The van der Waals surface area contributed by atoms with Gasteiger partial charge in [-0.1, -0.05) is 12.1 Å². The maximum atomic E-state index is 13.9.